The molecule has 0 aromatic carbocycles. The topological polar surface area (TPSA) is 49.3 Å². The largest absolute Gasteiger partial charge is 0.481 e. The second-order valence-corrected chi connectivity index (χ2v) is 4.43. The van der Waals surface area contributed by atoms with Crippen LogP contribution in [0.2, 0.25) is 0 Å². The van der Waals surface area contributed by atoms with Gasteiger partial charge in [-0.15, -0.1) is 0 Å². The Labute approximate surface area is 79.5 Å². The lowest BCUT2D eigenvalue weighted by atomic mass is 9.73. The monoisotopic (exact) mass is 185 g/mol. The molecule has 0 aromatic rings. The maximum atomic E-state index is 11.2. The fourth-order valence-corrected chi connectivity index (χ4v) is 2.19. The summed E-state index contributed by atoms with van der Waals surface area (Å²) in [5.41, 5.74) is -0.445. The molecule has 0 bridgehead atoms. The predicted octanol–water partition coefficient (Wildman–Crippen LogP) is 1.49. The summed E-state index contributed by atoms with van der Waals surface area (Å²) < 4.78 is 0. The first kappa shape index (κ1) is 10.5. The van der Waals surface area contributed by atoms with Gasteiger partial charge in [-0.1, -0.05) is 13.8 Å². The molecule has 3 heteroatoms. The standard InChI is InChI=1S/C10H19NO2/c1-8(2)7-10(9(12)13)3-5-11-6-4-10/h8,11H,3-7H2,1-2H3,(H,12,13). The van der Waals surface area contributed by atoms with Crippen LogP contribution in [0.15, 0.2) is 0 Å². The van der Waals surface area contributed by atoms with Gasteiger partial charge in [0.25, 0.3) is 0 Å². The maximum Gasteiger partial charge on any atom is 0.309 e. The van der Waals surface area contributed by atoms with Crippen LogP contribution in [0.4, 0.5) is 0 Å². The summed E-state index contributed by atoms with van der Waals surface area (Å²) in [6, 6.07) is 0. The van der Waals surface area contributed by atoms with E-state index in [1.54, 1.807) is 0 Å². The van der Waals surface area contributed by atoms with Crippen molar-refractivity contribution in [2.45, 2.75) is 33.1 Å². The van der Waals surface area contributed by atoms with Crippen molar-refractivity contribution in [3.05, 3.63) is 0 Å². The SMILES string of the molecule is CC(C)CC1(C(=O)O)CCNCC1. The van der Waals surface area contributed by atoms with Gasteiger partial charge in [-0.2, -0.15) is 0 Å². The van der Waals surface area contributed by atoms with Crippen LogP contribution in [0, 0.1) is 11.3 Å². The molecule has 2 N–H and O–H groups in total. The van der Waals surface area contributed by atoms with Crippen LogP contribution in [0.3, 0.4) is 0 Å². The average Bonchev–Trinajstić information content (AvgIpc) is 2.04. The van der Waals surface area contributed by atoms with Crippen LogP contribution >= 0.6 is 0 Å². The Balaban J connectivity index is 2.67. The summed E-state index contributed by atoms with van der Waals surface area (Å²) >= 11 is 0. The first-order chi connectivity index (χ1) is 6.07. The Morgan fingerprint density at radius 1 is 1.46 bits per heavy atom. The van der Waals surface area contributed by atoms with Crippen molar-refractivity contribution in [1.82, 2.24) is 5.32 Å². The molecule has 0 radical (unpaired) electrons. The summed E-state index contributed by atoms with van der Waals surface area (Å²) in [4.78, 5) is 11.2. The van der Waals surface area contributed by atoms with Crippen LogP contribution in [0.5, 0.6) is 0 Å². The Morgan fingerprint density at radius 2 is 2.00 bits per heavy atom. The summed E-state index contributed by atoms with van der Waals surface area (Å²) in [5.74, 6) is -0.142. The molecule has 0 spiro atoms. The number of hydrogen-bond donors (Lipinski definition) is 2. The van der Waals surface area contributed by atoms with Gasteiger partial charge in [0.2, 0.25) is 0 Å². The molecule has 0 amide bonds. The van der Waals surface area contributed by atoms with Crippen LogP contribution in [0.25, 0.3) is 0 Å². The average molecular weight is 185 g/mol. The zero-order valence-corrected chi connectivity index (χ0v) is 8.47. The lowest BCUT2D eigenvalue weighted by Crippen LogP contribution is -2.42. The van der Waals surface area contributed by atoms with Gasteiger partial charge in [-0.3, -0.25) is 4.79 Å². The molecule has 13 heavy (non-hydrogen) atoms. The summed E-state index contributed by atoms with van der Waals surface area (Å²) in [6.07, 6.45) is 2.37. The molecule has 76 valence electrons. The molecule has 1 aliphatic rings. The second kappa shape index (κ2) is 4.09. The quantitative estimate of drug-likeness (QED) is 0.700. The number of carboxylic acid groups (broad SMARTS) is 1. The molecule has 3 nitrogen and oxygen atoms in total. The van der Waals surface area contributed by atoms with Crippen molar-refractivity contribution < 1.29 is 9.90 Å². The lowest BCUT2D eigenvalue weighted by molar-refractivity contribution is -0.151. The molecule has 0 saturated carbocycles. The first-order valence-electron chi connectivity index (χ1n) is 5.01. The van der Waals surface area contributed by atoms with Gasteiger partial charge in [-0.05, 0) is 38.3 Å². The van der Waals surface area contributed by atoms with Crippen molar-refractivity contribution in [1.29, 1.82) is 0 Å². The van der Waals surface area contributed by atoms with E-state index in [1.807, 2.05) is 0 Å². The van der Waals surface area contributed by atoms with E-state index in [0.717, 1.165) is 32.4 Å². The van der Waals surface area contributed by atoms with E-state index >= 15 is 0 Å². The Morgan fingerprint density at radius 3 is 2.38 bits per heavy atom. The summed E-state index contributed by atoms with van der Waals surface area (Å²) in [7, 11) is 0. The molecular formula is C10H19NO2. The number of rotatable bonds is 3. The molecule has 1 fully saturated rings. The van der Waals surface area contributed by atoms with E-state index in [0.29, 0.717) is 5.92 Å². The van der Waals surface area contributed by atoms with Gasteiger partial charge in [-0.25, -0.2) is 0 Å². The van der Waals surface area contributed by atoms with Crippen molar-refractivity contribution in [3.8, 4) is 0 Å². The highest BCUT2D eigenvalue weighted by Gasteiger charge is 2.39. The highest BCUT2D eigenvalue weighted by Crippen LogP contribution is 2.35. The number of nitrogens with one attached hydrogen (secondary N) is 1. The van der Waals surface area contributed by atoms with Crippen molar-refractivity contribution in [3.63, 3.8) is 0 Å². The second-order valence-electron chi connectivity index (χ2n) is 4.43. The number of carboxylic acids is 1. The third kappa shape index (κ3) is 2.44. The fourth-order valence-electron chi connectivity index (χ4n) is 2.19. The Bertz CT molecular complexity index is 183. The third-order valence-electron chi connectivity index (χ3n) is 2.81. The highest BCUT2D eigenvalue weighted by atomic mass is 16.4. The van der Waals surface area contributed by atoms with E-state index in [1.165, 1.54) is 0 Å². The number of aliphatic carboxylic acids is 1. The minimum atomic E-state index is -0.609. The van der Waals surface area contributed by atoms with Crippen molar-refractivity contribution >= 4 is 5.97 Å². The minimum Gasteiger partial charge on any atom is -0.481 e. The van der Waals surface area contributed by atoms with Gasteiger partial charge >= 0.3 is 5.97 Å². The predicted molar refractivity (Wildman–Crippen MR) is 51.6 cm³/mol. The van der Waals surface area contributed by atoms with Crippen molar-refractivity contribution in [2.24, 2.45) is 11.3 Å². The van der Waals surface area contributed by atoms with Crippen LogP contribution in [0.1, 0.15) is 33.1 Å². The molecule has 1 saturated heterocycles. The number of hydrogen-bond acceptors (Lipinski definition) is 2. The molecule has 1 rings (SSSR count). The summed E-state index contributed by atoms with van der Waals surface area (Å²) in [6.45, 7) is 5.87. The molecule has 0 atom stereocenters. The van der Waals surface area contributed by atoms with Gasteiger partial charge in [0, 0.05) is 0 Å². The molecule has 0 unspecified atom stereocenters. The van der Waals surface area contributed by atoms with Crippen LogP contribution < -0.4 is 5.32 Å². The number of piperidine rings is 1. The van der Waals surface area contributed by atoms with E-state index in [-0.39, 0.29) is 0 Å². The molecule has 0 aliphatic carbocycles. The maximum absolute atomic E-state index is 11.2. The van der Waals surface area contributed by atoms with E-state index in [9.17, 15) is 9.90 Å². The molecule has 0 aromatic heterocycles. The third-order valence-corrected chi connectivity index (χ3v) is 2.81. The van der Waals surface area contributed by atoms with Crippen LogP contribution in [-0.2, 0) is 4.79 Å². The van der Waals surface area contributed by atoms with Gasteiger partial charge < -0.3 is 10.4 Å². The lowest BCUT2D eigenvalue weighted by Gasteiger charge is -2.34. The van der Waals surface area contributed by atoms with Gasteiger partial charge in [0.05, 0.1) is 5.41 Å². The van der Waals surface area contributed by atoms with Crippen molar-refractivity contribution in [2.75, 3.05) is 13.1 Å². The minimum absolute atomic E-state index is 0.445. The molecule has 1 aliphatic heterocycles. The van der Waals surface area contributed by atoms with E-state index in [4.69, 9.17) is 0 Å². The molecular weight excluding hydrogens is 166 g/mol. The zero-order valence-electron chi connectivity index (χ0n) is 8.47. The Kier molecular flexibility index (Phi) is 3.31. The smallest absolute Gasteiger partial charge is 0.309 e. The van der Waals surface area contributed by atoms with E-state index < -0.39 is 11.4 Å². The molecule has 1 heterocycles. The van der Waals surface area contributed by atoms with Gasteiger partial charge in [0.15, 0.2) is 0 Å². The zero-order chi connectivity index (χ0) is 9.90. The van der Waals surface area contributed by atoms with Gasteiger partial charge in [0.1, 0.15) is 0 Å². The summed E-state index contributed by atoms with van der Waals surface area (Å²) in [5, 5.41) is 12.4. The van der Waals surface area contributed by atoms with Crippen LogP contribution in [-0.4, -0.2) is 24.2 Å². The highest BCUT2D eigenvalue weighted by molar-refractivity contribution is 5.74. The number of carbonyl (C=O) groups is 1. The Hall–Kier alpha value is -0.570. The fraction of sp³-hybridized carbons (Fsp3) is 0.900. The normalized spacial score (nSPS) is 21.8. The van der Waals surface area contributed by atoms with E-state index in [2.05, 4.69) is 19.2 Å². The first-order valence-corrected chi connectivity index (χ1v) is 5.01.